The molecular formula is C10H14ClNS2. The molecule has 1 aliphatic heterocycles. The Morgan fingerprint density at radius 2 is 2.43 bits per heavy atom. The Hall–Kier alpha value is 0.300. The van der Waals surface area contributed by atoms with E-state index >= 15 is 0 Å². The highest BCUT2D eigenvalue weighted by atomic mass is 35.5. The van der Waals surface area contributed by atoms with E-state index in [0.717, 1.165) is 18.0 Å². The molecule has 78 valence electrons. The molecule has 0 aromatic carbocycles. The third kappa shape index (κ3) is 2.11. The van der Waals surface area contributed by atoms with Crippen LogP contribution in [0.1, 0.15) is 17.7 Å². The first kappa shape index (κ1) is 10.8. The molecular weight excluding hydrogens is 234 g/mol. The lowest BCUT2D eigenvalue weighted by atomic mass is 9.98. The summed E-state index contributed by atoms with van der Waals surface area (Å²) in [5, 5.41) is 2.97. The molecule has 1 aromatic rings. The number of thiophene rings is 1. The van der Waals surface area contributed by atoms with Crippen molar-refractivity contribution >= 4 is 34.7 Å². The van der Waals surface area contributed by atoms with Crippen LogP contribution in [0.4, 0.5) is 0 Å². The molecule has 0 saturated carbocycles. The van der Waals surface area contributed by atoms with E-state index in [1.807, 2.05) is 17.8 Å². The summed E-state index contributed by atoms with van der Waals surface area (Å²) in [6, 6.07) is 1.98. The minimum Gasteiger partial charge on any atom is -0.329 e. The predicted octanol–water partition coefficient (Wildman–Crippen LogP) is 3.17. The minimum absolute atomic E-state index is 0.272. The van der Waals surface area contributed by atoms with Gasteiger partial charge in [-0.25, -0.2) is 0 Å². The second-order valence-corrected chi connectivity index (χ2v) is 6.68. The lowest BCUT2D eigenvalue weighted by Gasteiger charge is -2.25. The molecule has 1 saturated heterocycles. The van der Waals surface area contributed by atoms with Crippen LogP contribution in [0, 0.1) is 0 Å². The van der Waals surface area contributed by atoms with Gasteiger partial charge in [0.15, 0.2) is 0 Å². The van der Waals surface area contributed by atoms with Crippen molar-refractivity contribution < 1.29 is 0 Å². The summed E-state index contributed by atoms with van der Waals surface area (Å²) in [7, 11) is 0. The molecule has 0 aliphatic carbocycles. The highest BCUT2D eigenvalue weighted by Crippen LogP contribution is 2.42. The van der Waals surface area contributed by atoms with Crippen LogP contribution in [0.2, 0.25) is 5.02 Å². The molecule has 2 heterocycles. The van der Waals surface area contributed by atoms with Gasteiger partial charge in [-0.05, 0) is 36.5 Å². The van der Waals surface area contributed by atoms with Crippen molar-refractivity contribution in [3.05, 3.63) is 21.3 Å². The summed E-state index contributed by atoms with van der Waals surface area (Å²) < 4.78 is 0.272. The van der Waals surface area contributed by atoms with Crippen molar-refractivity contribution in [3.63, 3.8) is 0 Å². The fraction of sp³-hybridized carbons (Fsp3) is 0.600. The van der Waals surface area contributed by atoms with Gasteiger partial charge in [0, 0.05) is 16.2 Å². The number of hydrogen-bond acceptors (Lipinski definition) is 3. The van der Waals surface area contributed by atoms with Gasteiger partial charge in [-0.1, -0.05) is 11.6 Å². The molecule has 0 radical (unpaired) electrons. The highest BCUT2D eigenvalue weighted by Gasteiger charge is 2.34. The fourth-order valence-electron chi connectivity index (χ4n) is 1.87. The van der Waals surface area contributed by atoms with Gasteiger partial charge in [-0.3, -0.25) is 0 Å². The Morgan fingerprint density at radius 1 is 1.57 bits per heavy atom. The largest absolute Gasteiger partial charge is 0.329 e. The molecule has 4 heteroatoms. The lowest BCUT2D eigenvalue weighted by molar-refractivity contribution is 0.569. The van der Waals surface area contributed by atoms with Gasteiger partial charge < -0.3 is 5.73 Å². The molecule has 14 heavy (non-hydrogen) atoms. The van der Waals surface area contributed by atoms with Crippen LogP contribution in [0.3, 0.4) is 0 Å². The van der Waals surface area contributed by atoms with Gasteiger partial charge in [0.05, 0.1) is 5.02 Å². The van der Waals surface area contributed by atoms with Gasteiger partial charge in [-0.2, -0.15) is 11.8 Å². The molecule has 0 bridgehead atoms. The second-order valence-electron chi connectivity index (χ2n) is 3.71. The van der Waals surface area contributed by atoms with E-state index in [0.29, 0.717) is 0 Å². The summed E-state index contributed by atoms with van der Waals surface area (Å²) >= 11 is 9.87. The smallest absolute Gasteiger partial charge is 0.0545 e. The topological polar surface area (TPSA) is 26.0 Å². The molecule has 1 fully saturated rings. The summed E-state index contributed by atoms with van der Waals surface area (Å²) in [6.45, 7) is 0.770. The molecule has 0 spiro atoms. The van der Waals surface area contributed by atoms with E-state index in [1.54, 1.807) is 11.3 Å². The maximum atomic E-state index is 6.10. The fourth-order valence-corrected chi connectivity index (χ4v) is 4.58. The van der Waals surface area contributed by atoms with Crippen LogP contribution in [0.15, 0.2) is 11.4 Å². The number of nitrogens with two attached hydrogens (primary N) is 1. The van der Waals surface area contributed by atoms with E-state index in [4.69, 9.17) is 17.3 Å². The molecule has 1 nitrogen and oxygen atoms in total. The molecule has 1 aromatic heterocycles. The quantitative estimate of drug-likeness (QED) is 0.888. The zero-order valence-electron chi connectivity index (χ0n) is 7.96. The Morgan fingerprint density at radius 3 is 2.93 bits per heavy atom. The average molecular weight is 248 g/mol. The van der Waals surface area contributed by atoms with Gasteiger partial charge in [0.25, 0.3) is 0 Å². The Bertz CT molecular complexity index is 305. The normalized spacial score (nSPS) is 27.0. The first-order valence-electron chi connectivity index (χ1n) is 4.82. The first-order valence-corrected chi connectivity index (χ1v) is 7.06. The number of halogens is 1. The molecule has 1 atom stereocenters. The SMILES string of the molecule is NCC1(Cc2sccc2Cl)CCCS1. The molecule has 0 amide bonds. The van der Waals surface area contributed by atoms with E-state index in [-0.39, 0.29) is 4.75 Å². The van der Waals surface area contributed by atoms with Crippen LogP contribution in [0.5, 0.6) is 0 Å². The molecule has 2 rings (SSSR count). The third-order valence-electron chi connectivity index (χ3n) is 2.73. The van der Waals surface area contributed by atoms with Crippen molar-refractivity contribution in [1.82, 2.24) is 0 Å². The van der Waals surface area contributed by atoms with Crippen LogP contribution < -0.4 is 5.73 Å². The second kappa shape index (κ2) is 4.44. The number of rotatable bonds is 3. The van der Waals surface area contributed by atoms with Crippen molar-refractivity contribution in [1.29, 1.82) is 0 Å². The van der Waals surface area contributed by atoms with Crippen molar-refractivity contribution in [2.45, 2.75) is 24.0 Å². The van der Waals surface area contributed by atoms with Gasteiger partial charge in [0.2, 0.25) is 0 Å². The van der Waals surface area contributed by atoms with Crippen LogP contribution in [-0.2, 0) is 6.42 Å². The minimum atomic E-state index is 0.272. The van der Waals surface area contributed by atoms with Gasteiger partial charge >= 0.3 is 0 Å². The van der Waals surface area contributed by atoms with Gasteiger partial charge in [0.1, 0.15) is 0 Å². The summed E-state index contributed by atoms with van der Waals surface area (Å²) in [4.78, 5) is 1.30. The Labute approximate surface area is 98.0 Å². The van der Waals surface area contributed by atoms with Crippen molar-refractivity contribution in [2.75, 3.05) is 12.3 Å². The van der Waals surface area contributed by atoms with E-state index in [9.17, 15) is 0 Å². The van der Waals surface area contributed by atoms with Crippen LogP contribution in [-0.4, -0.2) is 17.0 Å². The van der Waals surface area contributed by atoms with Gasteiger partial charge in [-0.15, -0.1) is 11.3 Å². The van der Waals surface area contributed by atoms with Crippen LogP contribution in [0.25, 0.3) is 0 Å². The molecule has 1 unspecified atom stereocenters. The maximum Gasteiger partial charge on any atom is 0.0545 e. The lowest BCUT2D eigenvalue weighted by Crippen LogP contribution is -2.33. The van der Waals surface area contributed by atoms with Crippen molar-refractivity contribution in [2.24, 2.45) is 5.73 Å². The maximum absolute atomic E-state index is 6.10. The number of thioether (sulfide) groups is 1. The summed E-state index contributed by atoms with van der Waals surface area (Å²) in [5.74, 6) is 1.25. The molecule has 2 N–H and O–H groups in total. The summed E-state index contributed by atoms with van der Waals surface area (Å²) in [6.07, 6.45) is 3.58. The standard InChI is InChI=1S/C10H14ClNS2/c11-8-2-5-13-9(8)6-10(7-12)3-1-4-14-10/h2,5H,1,3-4,6-7,12H2. The first-order chi connectivity index (χ1) is 6.76. The Kier molecular flexibility index (Phi) is 3.42. The Balaban J connectivity index is 2.12. The monoisotopic (exact) mass is 247 g/mol. The van der Waals surface area contributed by atoms with E-state index in [1.165, 1.54) is 23.5 Å². The average Bonchev–Trinajstić information content (AvgIpc) is 2.79. The van der Waals surface area contributed by atoms with E-state index < -0.39 is 0 Å². The van der Waals surface area contributed by atoms with E-state index in [2.05, 4.69) is 5.38 Å². The van der Waals surface area contributed by atoms with Crippen molar-refractivity contribution in [3.8, 4) is 0 Å². The summed E-state index contributed by atoms with van der Waals surface area (Å²) in [5.41, 5.74) is 5.88. The number of hydrogen-bond donors (Lipinski definition) is 1. The van der Waals surface area contributed by atoms with Crippen LogP contribution >= 0.6 is 34.7 Å². The predicted molar refractivity (Wildman–Crippen MR) is 66.5 cm³/mol. The zero-order chi connectivity index (χ0) is 10.0. The zero-order valence-corrected chi connectivity index (χ0v) is 10.4. The molecule has 1 aliphatic rings. The highest BCUT2D eigenvalue weighted by molar-refractivity contribution is 8.00. The third-order valence-corrected chi connectivity index (χ3v) is 5.74.